The van der Waals surface area contributed by atoms with Gasteiger partial charge in [-0.1, -0.05) is 62.3 Å². The molecule has 2 aliphatic carbocycles. The SMILES string of the molecule is BC1(C)C(C)(C)C2(C)C(C)(C)C(C)(C)C12C. The molecule has 92 valence electrons. The number of fused-ring (bicyclic) bond motifs is 1. The molecule has 0 radical (unpaired) electrons. The van der Waals surface area contributed by atoms with Crippen molar-refractivity contribution in [2.24, 2.45) is 27.1 Å². The molecule has 2 saturated carbocycles. The van der Waals surface area contributed by atoms with Gasteiger partial charge in [-0.2, -0.15) is 0 Å². The molecule has 0 aromatic carbocycles. The second kappa shape index (κ2) is 2.29. The standard InChI is InChI=1S/C15H29B/c1-10(2)11(3,4)14(8)13(10,7)12(5,6)15(14,9)16/h16H2,1-9H3. The van der Waals surface area contributed by atoms with Crippen molar-refractivity contribution in [3.63, 3.8) is 0 Å². The molecule has 16 heavy (non-hydrogen) atoms. The van der Waals surface area contributed by atoms with Crippen LogP contribution < -0.4 is 0 Å². The third-order valence-electron chi connectivity index (χ3n) is 9.12. The maximum atomic E-state index is 2.53. The fourth-order valence-corrected chi connectivity index (χ4v) is 6.44. The Kier molecular flexibility index (Phi) is 1.79. The Morgan fingerprint density at radius 3 is 1.12 bits per heavy atom. The minimum Gasteiger partial charge on any atom is -0.0659 e. The van der Waals surface area contributed by atoms with Crippen LogP contribution >= 0.6 is 0 Å². The Morgan fingerprint density at radius 2 is 0.812 bits per heavy atom. The first-order chi connectivity index (χ1) is 6.75. The molecule has 0 saturated heterocycles. The third-order valence-corrected chi connectivity index (χ3v) is 9.12. The molecule has 0 N–H and O–H groups in total. The molecule has 0 bridgehead atoms. The van der Waals surface area contributed by atoms with Gasteiger partial charge in [0.1, 0.15) is 7.85 Å². The van der Waals surface area contributed by atoms with E-state index in [1.807, 2.05) is 0 Å². The first-order valence-electron chi connectivity index (χ1n) is 6.75. The quantitative estimate of drug-likeness (QED) is 0.543. The molecule has 1 heteroatoms. The summed E-state index contributed by atoms with van der Waals surface area (Å²) in [4.78, 5) is 0. The fraction of sp³-hybridized carbons (Fsp3) is 1.00. The maximum Gasteiger partial charge on any atom is 0.110 e. The van der Waals surface area contributed by atoms with Crippen molar-refractivity contribution in [2.45, 2.75) is 67.6 Å². The minimum absolute atomic E-state index is 0.424. The molecule has 0 heterocycles. The fourth-order valence-electron chi connectivity index (χ4n) is 6.44. The molecule has 3 unspecified atom stereocenters. The Hall–Kier alpha value is 0.0649. The Labute approximate surface area is 103 Å². The normalized spacial score (nSPS) is 55.8. The second-order valence-electron chi connectivity index (χ2n) is 8.75. The summed E-state index contributed by atoms with van der Waals surface area (Å²) in [6, 6.07) is 0. The van der Waals surface area contributed by atoms with E-state index in [4.69, 9.17) is 0 Å². The minimum atomic E-state index is 0.424. The molecule has 0 amide bonds. The summed E-state index contributed by atoms with van der Waals surface area (Å²) in [5.41, 5.74) is 2.19. The smallest absolute Gasteiger partial charge is 0.0659 e. The molecule has 0 aromatic heterocycles. The summed E-state index contributed by atoms with van der Waals surface area (Å²) in [6.45, 7) is 22.4. The van der Waals surface area contributed by atoms with Crippen LogP contribution in [-0.2, 0) is 0 Å². The van der Waals surface area contributed by atoms with E-state index in [0.29, 0.717) is 32.4 Å². The molecule has 0 aromatic rings. The van der Waals surface area contributed by atoms with E-state index < -0.39 is 0 Å². The van der Waals surface area contributed by atoms with Gasteiger partial charge in [0, 0.05) is 0 Å². The molecule has 0 spiro atoms. The summed E-state index contributed by atoms with van der Waals surface area (Å²) in [5.74, 6) is 0. The van der Waals surface area contributed by atoms with Crippen molar-refractivity contribution in [3.8, 4) is 0 Å². The molecule has 2 fully saturated rings. The highest BCUT2D eigenvalue weighted by atomic mass is 14.9. The van der Waals surface area contributed by atoms with Crippen molar-refractivity contribution in [1.82, 2.24) is 0 Å². The van der Waals surface area contributed by atoms with Gasteiger partial charge in [-0.3, -0.25) is 0 Å². The van der Waals surface area contributed by atoms with Gasteiger partial charge < -0.3 is 0 Å². The van der Waals surface area contributed by atoms with Gasteiger partial charge in [0.05, 0.1) is 0 Å². The third kappa shape index (κ3) is 0.604. The average Bonchev–Trinajstić information content (AvgIpc) is 2.12. The maximum absolute atomic E-state index is 2.53. The van der Waals surface area contributed by atoms with Crippen LogP contribution in [0.3, 0.4) is 0 Å². The Balaban J connectivity index is 2.67. The van der Waals surface area contributed by atoms with Crippen LogP contribution in [0.4, 0.5) is 0 Å². The van der Waals surface area contributed by atoms with Gasteiger partial charge in [-0.05, 0) is 32.4 Å². The molecule has 0 aliphatic heterocycles. The highest BCUT2D eigenvalue weighted by molar-refractivity contribution is 6.17. The predicted octanol–water partition coefficient (Wildman–Crippen LogP) is 3.92. The van der Waals surface area contributed by atoms with E-state index in [1.165, 1.54) is 0 Å². The molecule has 0 nitrogen and oxygen atoms in total. The van der Waals surface area contributed by atoms with Gasteiger partial charge in [0.15, 0.2) is 0 Å². The lowest BCUT2D eigenvalue weighted by atomic mass is 9.05. The monoisotopic (exact) mass is 220 g/mol. The predicted molar refractivity (Wildman–Crippen MR) is 74.5 cm³/mol. The average molecular weight is 220 g/mol. The number of rotatable bonds is 0. The van der Waals surface area contributed by atoms with Crippen LogP contribution in [0.15, 0.2) is 0 Å². The number of hydrogen-bond acceptors (Lipinski definition) is 0. The van der Waals surface area contributed by atoms with E-state index in [2.05, 4.69) is 70.2 Å². The van der Waals surface area contributed by atoms with E-state index >= 15 is 0 Å². The summed E-state index contributed by atoms with van der Waals surface area (Å²) < 4.78 is 0. The molecule has 2 aliphatic rings. The van der Waals surface area contributed by atoms with E-state index in [1.54, 1.807) is 0 Å². The lowest BCUT2D eigenvalue weighted by Crippen LogP contribution is -2.90. The van der Waals surface area contributed by atoms with Crippen LogP contribution in [-0.4, -0.2) is 7.85 Å². The zero-order valence-corrected chi connectivity index (χ0v) is 13.0. The zero-order chi connectivity index (χ0) is 13.0. The Bertz CT molecular complexity index is 294. The van der Waals surface area contributed by atoms with Gasteiger partial charge in [0.25, 0.3) is 0 Å². The van der Waals surface area contributed by atoms with Gasteiger partial charge >= 0.3 is 0 Å². The zero-order valence-electron chi connectivity index (χ0n) is 13.0. The van der Waals surface area contributed by atoms with Crippen LogP contribution in [0.25, 0.3) is 0 Å². The van der Waals surface area contributed by atoms with Crippen LogP contribution in [0.1, 0.15) is 62.3 Å². The Morgan fingerprint density at radius 1 is 0.500 bits per heavy atom. The van der Waals surface area contributed by atoms with Crippen molar-refractivity contribution in [1.29, 1.82) is 0 Å². The lowest BCUT2D eigenvalue weighted by molar-refractivity contribution is -0.446. The number of hydrogen-bond donors (Lipinski definition) is 0. The summed E-state index contributed by atoms with van der Waals surface area (Å²) >= 11 is 0. The van der Waals surface area contributed by atoms with Gasteiger partial charge in [-0.15, -0.1) is 0 Å². The summed E-state index contributed by atoms with van der Waals surface area (Å²) in [7, 11) is 2.48. The highest BCUT2D eigenvalue weighted by Crippen LogP contribution is 2.99. The highest BCUT2D eigenvalue weighted by Gasteiger charge is 2.91. The van der Waals surface area contributed by atoms with E-state index in [-0.39, 0.29) is 0 Å². The first-order valence-corrected chi connectivity index (χ1v) is 6.75. The van der Waals surface area contributed by atoms with Crippen molar-refractivity contribution in [3.05, 3.63) is 0 Å². The van der Waals surface area contributed by atoms with Crippen molar-refractivity contribution in [2.75, 3.05) is 0 Å². The molecular formula is C15H29B. The topological polar surface area (TPSA) is 0 Å². The van der Waals surface area contributed by atoms with E-state index in [9.17, 15) is 0 Å². The largest absolute Gasteiger partial charge is 0.110 e. The summed E-state index contributed by atoms with van der Waals surface area (Å²) in [5, 5.41) is 0.424. The van der Waals surface area contributed by atoms with Gasteiger partial charge in [-0.25, -0.2) is 0 Å². The molecule has 2 rings (SSSR count). The van der Waals surface area contributed by atoms with Crippen LogP contribution in [0.2, 0.25) is 5.31 Å². The van der Waals surface area contributed by atoms with Crippen LogP contribution in [0.5, 0.6) is 0 Å². The van der Waals surface area contributed by atoms with Crippen molar-refractivity contribution >= 4 is 7.85 Å². The second-order valence-corrected chi connectivity index (χ2v) is 8.75. The van der Waals surface area contributed by atoms with Gasteiger partial charge in [0.2, 0.25) is 0 Å². The summed E-state index contributed by atoms with van der Waals surface area (Å²) in [6.07, 6.45) is 0. The van der Waals surface area contributed by atoms with E-state index in [0.717, 1.165) is 0 Å². The molecular weight excluding hydrogens is 191 g/mol. The van der Waals surface area contributed by atoms with Crippen molar-refractivity contribution < 1.29 is 0 Å². The molecule has 3 atom stereocenters. The first kappa shape index (κ1) is 12.5. The lowest BCUT2D eigenvalue weighted by Gasteiger charge is -2.96. The van der Waals surface area contributed by atoms with Crippen LogP contribution in [0, 0.1) is 27.1 Å².